The van der Waals surface area contributed by atoms with Gasteiger partial charge in [-0.3, -0.25) is 14.9 Å². The second kappa shape index (κ2) is 9.36. The maximum absolute atomic E-state index is 12.8. The number of methoxy groups -OCH3 is 1. The van der Waals surface area contributed by atoms with Crippen molar-refractivity contribution in [1.82, 2.24) is 5.32 Å². The minimum atomic E-state index is -0.559. The molecule has 2 rings (SSSR count). The fourth-order valence-corrected chi connectivity index (χ4v) is 2.27. The third-order valence-electron chi connectivity index (χ3n) is 3.60. The van der Waals surface area contributed by atoms with Gasteiger partial charge in [0.15, 0.2) is 6.61 Å². The number of amides is 1. The molecule has 0 radical (unpaired) electrons. The van der Waals surface area contributed by atoms with Crippen LogP contribution in [0.25, 0.3) is 0 Å². The monoisotopic (exact) mass is 362 g/mol. The molecule has 0 aliphatic heterocycles. The molecule has 2 aromatic carbocycles. The van der Waals surface area contributed by atoms with E-state index in [1.807, 2.05) is 0 Å². The standard InChI is InChI=1S/C18H19FN2O5/c1-25-17-11-15(8-9-16(17)21(23)24)26-12-18(22)20-10-2-3-13-4-6-14(19)7-5-13/h4-9,11H,2-3,10,12H2,1H3,(H,20,22). The summed E-state index contributed by atoms with van der Waals surface area (Å²) in [5.74, 6) is -0.218. The molecule has 138 valence electrons. The quantitative estimate of drug-likeness (QED) is 0.421. The van der Waals surface area contributed by atoms with Gasteiger partial charge in [0, 0.05) is 18.7 Å². The Morgan fingerprint density at radius 2 is 1.96 bits per heavy atom. The van der Waals surface area contributed by atoms with Crippen LogP contribution in [-0.4, -0.2) is 31.1 Å². The Balaban J connectivity index is 1.73. The average Bonchev–Trinajstić information content (AvgIpc) is 2.64. The summed E-state index contributed by atoms with van der Waals surface area (Å²) in [7, 11) is 1.32. The SMILES string of the molecule is COc1cc(OCC(=O)NCCCc2ccc(F)cc2)ccc1[N+](=O)[O-]. The number of nitro groups is 1. The van der Waals surface area contributed by atoms with Gasteiger partial charge in [0.2, 0.25) is 5.75 Å². The van der Waals surface area contributed by atoms with Crippen LogP contribution in [0.3, 0.4) is 0 Å². The molecule has 1 N–H and O–H groups in total. The van der Waals surface area contributed by atoms with E-state index in [-0.39, 0.29) is 29.8 Å². The number of carbonyl (C=O) groups is 1. The number of hydrogen-bond donors (Lipinski definition) is 1. The summed E-state index contributed by atoms with van der Waals surface area (Å²) in [5, 5.41) is 13.5. The number of aryl methyl sites for hydroxylation is 1. The van der Waals surface area contributed by atoms with E-state index < -0.39 is 4.92 Å². The number of rotatable bonds is 9. The van der Waals surface area contributed by atoms with E-state index in [0.29, 0.717) is 18.7 Å². The molecule has 7 nitrogen and oxygen atoms in total. The molecule has 0 heterocycles. The highest BCUT2D eigenvalue weighted by atomic mass is 19.1. The Kier molecular flexibility index (Phi) is 6.90. The topological polar surface area (TPSA) is 90.7 Å². The van der Waals surface area contributed by atoms with Crippen LogP contribution >= 0.6 is 0 Å². The van der Waals surface area contributed by atoms with Gasteiger partial charge in [-0.15, -0.1) is 0 Å². The molecule has 26 heavy (non-hydrogen) atoms. The molecule has 1 amide bonds. The van der Waals surface area contributed by atoms with Crippen molar-refractivity contribution in [3.05, 3.63) is 64.0 Å². The number of carbonyl (C=O) groups excluding carboxylic acids is 1. The fraction of sp³-hybridized carbons (Fsp3) is 0.278. The second-order valence-electron chi connectivity index (χ2n) is 5.46. The van der Waals surface area contributed by atoms with E-state index in [4.69, 9.17) is 9.47 Å². The number of benzene rings is 2. The van der Waals surface area contributed by atoms with E-state index in [9.17, 15) is 19.3 Å². The first-order valence-corrected chi connectivity index (χ1v) is 7.96. The number of nitro benzene ring substituents is 1. The minimum absolute atomic E-state index is 0.0622. The molecule has 0 atom stereocenters. The summed E-state index contributed by atoms with van der Waals surface area (Å²) in [6, 6.07) is 10.3. The van der Waals surface area contributed by atoms with Gasteiger partial charge >= 0.3 is 5.69 Å². The summed E-state index contributed by atoms with van der Waals surface area (Å²) in [4.78, 5) is 22.0. The highest BCUT2D eigenvalue weighted by Gasteiger charge is 2.15. The molecule has 0 bridgehead atoms. The summed E-state index contributed by atoms with van der Waals surface area (Å²) in [6.07, 6.45) is 1.43. The van der Waals surface area contributed by atoms with Crippen molar-refractivity contribution >= 4 is 11.6 Å². The maximum atomic E-state index is 12.8. The first-order valence-electron chi connectivity index (χ1n) is 7.96. The van der Waals surface area contributed by atoms with Crippen molar-refractivity contribution in [1.29, 1.82) is 0 Å². The van der Waals surface area contributed by atoms with Crippen molar-refractivity contribution in [3.8, 4) is 11.5 Å². The van der Waals surface area contributed by atoms with Crippen LogP contribution in [0.1, 0.15) is 12.0 Å². The van der Waals surface area contributed by atoms with Crippen molar-refractivity contribution in [2.75, 3.05) is 20.3 Å². The van der Waals surface area contributed by atoms with Crippen molar-refractivity contribution in [2.24, 2.45) is 0 Å². The largest absolute Gasteiger partial charge is 0.490 e. The van der Waals surface area contributed by atoms with E-state index >= 15 is 0 Å². The Morgan fingerprint density at radius 3 is 2.62 bits per heavy atom. The van der Waals surface area contributed by atoms with Gasteiger partial charge in [-0.2, -0.15) is 0 Å². The van der Waals surface area contributed by atoms with Gasteiger partial charge in [-0.05, 0) is 36.6 Å². The van der Waals surface area contributed by atoms with Crippen molar-refractivity contribution in [3.63, 3.8) is 0 Å². The third-order valence-corrected chi connectivity index (χ3v) is 3.60. The molecule has 0 aromatic heterocycles. The van der Waals surface area contributed by atoms with Gasteiger partial charge in [0.1, 0.15) is 11.6 Å². The zero-order valence-electron chi connectivity index (χ0n) is 14.2. The van der Waals surface area contributed by atoms with Gasteiger partial charge in [-0.25, -0.2) is 4.39 Å². The number of halogens is 1. The van der Waals surface area contributed by atoms with Crippen LogP contribution in [0.15, 0.2) is 42.5 Å². The van der Waals surface area contributed by atoms with Gasteiger partial charge in [0.05, 0.1) is 12.0 Å². The summed E-state index contributed by atoms with van der Waals surface area (Å²) >= 11 is 0. The Hall–Kier alpha value is -3.16. The van der Waals surface area contributed by atoms with E-state index in [0.717, 1.165) is 12.0 Å². The van der Waals surface area contributed by atoms with E-state index in [1.165, 1.54) is 37.4 Å². The number of hydrogen-bond acceptors (Lipinski definition) is 5. The Bertz CT molecular complexity index is 765. The van der Waals surface area contributed by atoms with Gasteiger partial charge in [0.25, 0.3) is 5.91 Å². The molecule has 0 unspecified atom stereocenters. The lowest BCUT2D eigenvalue weighted by atomic mass is 10.1. The Morgan fingerprint density at radius 1 is 1.23 bits per heavy atom. The van der Waals surface area contributed by atoms with Crippen LogP contribution in [0.4, 0.5) is 10.1 Å². The fourth-order valence-electron chi connectivity index (χ4n) is 2.27. The molecule has 2 aromatic rings. The highest BCUT2D eigenvalue weighted by Crippen LogP contribution is 2.30. The summed E-state index contributed by atoms with van der Waals surface area (Å²) in [6.45, 7) is 0.251. The first-order chi connectivity index (χ1) is 12.5. The van der Waals surface area contributed by atoms with E-state index in [1.54, 1.807) is 12.1 Å². The summed E-state index contributed by atoms with van der Waals surface area (Å²) < 4.78 is 23.1. The van der Waals surface area contributed by atoms with Crippen molar-refractivity contribution < 1.29 is 23.6 Å². The van der Waals surface area contributed by atoms with Gasteiger partial charge < -0.3 is 14.8 Å². The molecule has 0 saturated heterocycles. The van der Waals surface area contributed by atoms with E-state index in [2.05, 4.69) is 5.32 Å². The zero-order chi connectivity index (χ0) is 18.9. The van der Waals surface area contributed by atoms with Crippen LogP contribution in [0.5, 0.6) is 11.5 Å². The number of ether oxygens (including phenoxy) is 2. The normalized spacial score (nSPS) is 10.2. The Labute approximate surface area is 149 Å². The number of nitrogens with zero attached hydrogens (tertiary/aromatic N) is 1. The lowest BCUT2D eigenvalue weighted by Crippen LogP contribution is -2.29. The van der Waals surface area contributed by atoms with Crippen LogP contribution in [-0.2, 0) is 11.2 Å². The molecular formula is C18H19FN2O5. The van der Waals surface area contributed by atoms with Gasteiger partial charge in [-0.1, -0.05) is 12.1 Å². The third kappa shape index (κ3) is 5.73. The first kappa shape index (κ1) is 19.2. The zero-order valence-corrected chi connectivity index (χ0v) is 14.2. The smallest absolute Gasteiger partial charge is 0.311 e. The molecule has 0 aliphatic rings. The van der Waals surface area contributed by atoms with Crippen LogP contribution in [0.2, 0.25) is 0 Å². The molecule has 0 spiro atoms. The molecule has 0 saturated carbocycles. The molecule has 0 fully saturated rings. The predicted molar refractivity (Wildman–Crippen MR) is 92.9 cm³/mol. The average molecular weight is 362 g/mol. The second-order valence-corrected chi connectivity index (χ2v) is 5.46. The lowest BCUT2D eigenvalue weighted by molar-refractivity contribution is -0.385. The molecule has 0 aliphatic carbocycles. The molecule has 8 heteroatoms. The minimum Gasteiger partial charge on any atom is -0.490 e. The lowest BCUT2D eigenvalue weighted by Gasteiger charge is -2.09. The maximum Gasteiger partial charge on any atom is 0.311 e. The highest BCUT2D eigenvalue weighted by molar-refractivity contribution is 5.77. The molecular weight excluding hydrogens is 343 g/mol. The van der Waals surface area contributed by atoms with Crippen LogP contribution < -0.4 is 14.8 Å². The predicted octanol–water partition coefficient (Wildman–Crippen LogP) is 2.87. The summed E-state index contributed by atoms with van der Waals surface area (Å²) in [5.41, 5.74) is 0.819. The van der Waals surface area contributed by atoms with Crippen molar-refractivity contribution in [2.45, 2.75) is 12.8 Å². The number of nitrogens with one attached hydrogen (secondary N) is 1. The van der Waals surface area contributed by atoms with Crippen LogP contribution in [0, 0.1) is 15.9 Å².